The highest BCUT2D eigenvalue weighted by atomic mass is 16.3. The van der Waals surface area contributed by atoms with Crippen LogP contribution in [0.4, 0.5) is 5.82 Å². The van der Waals surface area contributed by atoms with Crippen molar-refractivity contribution >= 4 is 5.82 Å². The van der Waals surface area contributed by atoms with Crippen molar-refractivity contribution in [3.63, 3.8) is 0 Å². The molecule has 0 radical (unpaired) electrons. The van der Waals surface area contributed by atoms with Gasteiger partial charge >= 0.3 is 0 Å². The summed E-state index contributed by atoms with van der Waals surface area (Å²) in [5, 5.41) is 9.60. The van der Waals surface area contributed by atoms with Crippen molar-refractivity contribution in [3.05, 3.63) is 23.9 Å². The number of aliphatic hydroxyl groups is 1. The van der Waals surface area contributed by atoms with E-state index in [1.165, 1.54) is 0 Å². The van der Waals surface area contributed by atoms with E-state index in [0.29, 0.717) is 6.04 Å². The first-order valence-electron chi connectivity index (χ1n) is 6.17. The highest BCUT2D eigenvalue weighted by molar-refractivity contribution is 5.43. The summed E-state index contributed by atoms with van der Waals surface area (Å²) in [5.41, 5.74) is 0.932. The quantitative estimate of drug-likeness (QED) is 0.838. The second-order valence-corrected chi connectivity index (χ2v) is 4.93. The van der Waals surface area contributed by atoms with Crippen LogP contribution in [-0.4, -0.2) is 47.7 Å². The number of aliphatic hydroxyl groups excluding tert-OH is 1. The van der Waals surface area contributed by atoms with Crippen LogP contribution >= 0.6 is 0 Å². The van der Waals surface area contributed by atoms with Gasteiger partial charge in [0.05, 0.1) is 6.10 Å². The van der Waals surface area contributed by atoms with Gasteiger partial charge in [-0.2, -0.15) is 0 Å². The number of pyridine rings is 1. The molecule has 0 spiro atoms. The standard InChI is InChI=1S/C13H21N3O/c1-10-9-15(3)6-7-16(10)13-8-12(11(2)17)4-5-14-13/h4-5,8,10-11,17H,6-7,9H2,1-3H3/t10?,11-/m1/s1. The molecular weight excluding hydrogens is 214 g/mol. The topological polar surface area (TPSA) is 39.6 Å². The van der Waals surface area contributed by atoms with E-state index in [4.69, 9.17) is 0 Å². The summed E-state index contributed by atoms with van der Waals surface area (Å²) in [7, 11) is 2.15. The van der Waals surface area contributed by atoms with Crippen LogP contribution in [0.15, 0.2) is 18.3 Å². The van der Waals surface area contributed by atoms with Crippen molar-refractivity contribution in [2.24, 2.45) is 0 Å². The predicted octanol–water partition coefficient (Wildman–Crippen LogP) is 1.28. The zero-order valence-corrected chi connectivity index (χ0v) is 10.8. The molecule has 2 rings (SSSR count). The predicted molar refractivity (Wildman–Crippen MR) is 69.2 cm³/mol. The molecular formula is C13H21N3O. The second-order valence-electron chi connectivity index (χ2n) is 4.93. The van der Waals surface area contributed by atoms with Gasteiger partial charge in [-0.25, -0.2) is 4.98 Å². The first-order valence-corrected chi connectivity index (χ1v) is 6.17. The second kappa shape index (κ2) is 5.02. The molecule has 4 heteroatoms. The highest BCUT2D eigenvalue weighted by Crippen LogP contribution is 2.21. The fraction of sp³-hybridized carbons (Fsp3) is 0.615. The van der Waals surface area contributed by atoms with E-state index in [1.807, 2.05) is 12.1 Å². The van der Waals surface area contributed by atoms with Gasteiger partial charge in [0, 0.05) is 31.9 Å². The van der Waals surface area contributed by atoms with Gasteiger partial charge in [0.25, 0.3) is 0 Å². The Labute approximate surface area is 103 Å². The van der Waals surface area contributed by atoms with E-state index in [1.54, 1.807) is 13.1 Å². The third kappa shape index (κ3) is 2.76. The third-order valence-electron chi connectivity index (χ3n) is 3.38. The van der Waals surface area contributed by atoms with Crippen molar-refractivity contribution in [1.82, 2.24) is 9.88 Å². The molecule has 2 atom stereocenters. The number of likely N-dealkylation sites (N-methyl/N-ethyl adjacent to an activating group) is 1. The van der Waals surface area contributed by atoms with Gasteiger partial charge in [0.15, 0.2) is 0 Å². The summed E-state index contributed by atoms with van der Waals surface area (Å²) < 4.78 is 0. The lowest BCUT2D eigenvalue weighted by molar-refractivity contribution is 0.199. The summed E-state index contributed by atoms with van der Waals surface area (Å²) in [6, 6.07) is 4.33. The minimum Gasteiger partial charge on any atom is -0.389 e. The molecule has 0 saturated carbocycles. The monoisotopic (exact) mass is 235 g/mol. The Hall–Kier alpha value is -1.13. The Balaban J connectivity index is 2.19. The average Bonchev–Trinajstić information content (AvgIpc) is 2.29. The first-order chi connectivity index (χ1) is 8.08. The third-order valence-corrected chi connectivity index (χ3v) is 3.38. The molecule has 0 amide bonds. The Morgan fingerprint density at radius 3 is 2.88 bits per heavy atom. The maximum absolute atomic E-state index is 9.60. The summed E-state index contributed by atoms with van der Waals surface area (Å²) in [4.78, 5) is 9.06. The number of aromatic nitrogens is 1. The van der Waals surface area contributed by atoms with Gasteiger partial charge in [-0.05, 0) is 38.6 Å². The maximum Gasteiger partial charge on any atom is 0.129 e. The minimum atomic E-state index is -0.431. The maximum atomic E-state index is 9.60. The van der Waals surface area contributed by atoms with Crippen LogP contribution in [0.5, 0.6) is 0 Å². The summed E-state index contributed by atoms with van der Waals surface area (Å²) in [6.07, 6.45) is 1.35. The van der Waals surface area contributed by atoms with Crippen molar-refractivity contribution in [2.75, 3.05) is 31.6 Å². The van der Waals surface area contributed by atoms with Gasteiger partial charge < -0.3 is 14.9 Å². The summed E-state index contributed by atoms with van der Waals surface area (Å²) >= 11 is 0. The van der Waals surface area contributed by atoms with Crippen molar-refractivity contribution < 1.29 is 5.11 Å². The molecule has 0 bridgehead atoms. The molecule has 1 aliphatic heterocycles. The number of rotatable bonds is 2. The molecule has 0 aromatic carbocycles. The molecule has 1 unspecified atom stereocenters. The van der Waals surface area contributed by atoms with Gasteiger partial charge in [-0.3, -0.25) is 0 Å². The zero-order chi connectivity index (χ0) is 12.4. The molecule has 2 heterocycles. The normalized spacial score (nSPS) is 23.8. The van der Waals surface area contributed by atoms with Crippen LogP contribution in [0.2, 0.25) is 0 Å². The van der Waals surface area contributed by atoms with Crippen LogP contribution in [0.3, 0.4) is 0 Å². The first kappa shape index (κ1) is 12.3. The number of hydrogen-bond acceptors (Lipinski definition) is 4. The van der Waals surface area contributed by atoms with Crippen molar-refractivity contribution in [2.45, 2.75) is 26.0 Å². The summed E-state index contributed by atoms with van der Waals surface area (Å²) in [5.74, 6) is 0.976. The van der Waals surface area contributed by atoms with E-state index in [2.05, 4.69) is 28.8 Å². The van der Waals surface area contributed by atoms with Gasteiger partial charge in [-0.15, -0.1) is 0 Å². The Bertz CT molecular complexity index is 381. The minimum absolute atomic E-state index is 0.431. The lowest BCUT2D eigenvalue weighted by Crippen LogP contribution is -2.50. The molecule has 4 nitrogen and oxygen atoms in total. The molecule has 1 aliphatic rings. The molecule has 1 aromatic heterocycles. The fourth-order valence-corrected chi connectivity index (χ4v) is 2.33. The lowest BCUT2D eigenvalue weighted by atomic mass is 10.1. The van der Waals surface area contributed by atoms with Gasteiger partial charge in [0.2, 0.25) is 0 Å². The van der Waals surface area contributed by atoms with Gasteiger partial charge in [0.1, 0.15) is 5.82 Å². The van der Waals surface area contributed by atoms with Crippen molar-refractivity contribution in [1.29, 1.82) is 0 Å². The number of nitrogens with zero attached hydrogens (tertiary/aromatic N) is 3. The van der Waals surface area contributed by atoms with E-state index in [9.17, 15) is 5.11 Å². The molecule has 17 heavy (non-hydrogen) atoms. The van der Waals surface area contributed by atoms with Crippen LogP contribution in [0, 0.1) is 0 Å². The average molecular weight is 235 g/mol. The Morgan fingerprint density at radius 2 is 2.24 bits per heavy atom. The van der Waals surface area contributed by atoms with E-state index in [0.717, 1.165) is 31.0 Å². The largest absolute Gasteiger partial charge is 0.389 e. The molecule has 1 aromatic rings. The van der Waals surface area contributed by atoms with Crippen molar-refractivity contribution in [3.8, 4) is 0 Å². The lowest BCUT2D eigenvalue weighted by Gasteiger charge is -2.39. The molecule has 1 fully saturated rings. The zero-order valence-electron chi connectivity index (χ0n) is 10.8. The smallest absolute Gasteiger partial charge is 0.129 e. The van der Waals surface area contributed by atoms with Crippen LogP contribution in [0.1, 0.15) is 25.5 Å². The Kier molecular flexibility index (Phi) is 3.64. The van der Waals surface area contributed by atoms with Crippen LogP contribution < -0.4 is 4.90 Å². The van der Waals surface area contributed by atoms with E-state index >= 15 is 0 Å². The van der Waals surface area contributed by atoms with E-state index < -0.39 is 6.10 Å². The van der Waals surface area contributed by atoms with E-state index in [-0.39, 0.29) is 0 Å². The van der Waals surface area contributed by atoms with Crippen LogP contribution in [-0.2, 0) is 0 Å². The number of anilines is 1. The Morgan fingerprint density at radius 1 is 1.47 bits per heavy atom. The number of hydrogen-bond donors (Lipinski definition) is 1. The van der Waals surface area contributed by atoms with Crippen LogP contribution in [0.25, 0.3) is 0 Å². The summed E-state index contributed by atoms with van der Waals surface area (Å²) in [6.45, 7) is 7.11. The number of piperazine rings is 1. The van der Waals surface area contributed by atoms with Gasteiger partial charge in [-0.1, -0.05) is 0 Å². The highest BCUT2D eigenvalue weighted by Gasteiger charge is 2.22. The molecule has 94 valence electrons. The molecule has 0 aliphatic carbocycles. The fourth-order valence-electron chi connectivity index (χ4n) is 2.33. The molecule has 1 N–H and O–H groups in total. The molecule has 1 saturated heterocycles. The SMILES string of the molecule is CC1CN(C)CCN1c1cc([C@@H](C)O)ccn1.